The van der Waals surface area contributed by atoms with E-state index in [0.717, 1.165) is 32.2 Å². The summed E-state index contributed by atoms with van der Waals surface area (Å²) in [6, 6.07) is 0. The summed E-state index contributed by atoms with van der Waals surface area (Å²) in [5, 5.41) is 0.248. The second kappa shape index (κ2) is 4.84. The average molecular weight is 268 g/mol. The van der Waals surface area contributed by atoms with Crippen molar-refractivity contribution in [2.75, 3.05) is 18.0 Å². The minimum atomic E-state index is 0.248. The lowest BCUT2D eigenvalue weighted by Crippen LogP contribution is -2.38. The Labute approximate surface area is 112 Å². The maximum atomic E-state index is 11.1. The molecule has 0 aliphatic carbocycles. The smallest absolute Gasteiger partial charge is 0.156 e. The molecule has 5 heteroatoms. The zero-order valence-corrected chi connectivity index (χ0v) is 11.8. The molecule has 4 nitrogen and oxygen atoms in total. The van der Waals surface area contributed by atoms with Crippen LogP contribution in [0.25, 0.3) is 0 Å². The Morgan fingerprint density at radius 2 is 1.89 bits per heavy atom. The Morgan fingerprint density at radius 1 is 1.28 bits per heavy atom. The summed E-state index contributed by atoms with van der Waals surface area (Å²) in [5.41, 5.74) is 0.769. The van der Waals surface area contributed by atoms with Crippen LogP contribution in [-0.4, -0.2) is 29.3 Å². The molecule has 0 aromatic carbocycles. The molecule has 1 aliphatic heterocycles. The van der Waals surface area contributed by atoms with E-state index in [2.05, 4.69) is 28.7 Å². The lowest BCUT2D eigenvalue weighted by atomic mass is 9.82. The number of halogens is 1. The zero-order valence-electron chi connectivity index (χ0n) is 11.0. The summed E-state index contributed by atoms with van der Waals surface area (Å²) in [6.07, 6.45) is 2.93. The van der Waals surface area contributed by atoms with Crippen LogP contribution in [0.4, 0.5) is 5.82 Å². The predicted octanol–water partition coefficient (Wildman–Crippen LogP) is 2.88. The number of anilines is 1. The number of piperidine rings is 1. The molecule has 2 rings (SSSR count). The van der Waals surface area contributed by atoms with Crippen molar-refractivity contribution in [2.24, 2.45) is 5.41 Å². The van der Waals surface area contributed by atoms with Crippen molar-refractivity contribution >= 4 is 23.7 Å². The fourth-order valence-corrected chi connectivity index (χ4v) is 2.45. The van der Waals surface area contributed by atoms with Crippen LogP contribution in [0.3, 0.4) is 0 Å². The first kappa shape index (κ1) is 13.3. The lowest BCUT2D eigenvalue weighted by Gasteiger charge is -2.38. The monoisotopic (exact) mass is 267 g/mol. The number of nitrogens with zero attached hydrogens (tertiary/aromatic N) is 3. The van der Waals surface area contributed by atoms with E-state index in [9.17, 15) is 4.79 Å². The molecule has 1 aliphatic rings. The van der Waals surface area contributed by atoms with Gasteiger partial charge in [-0.2, -0.15) is 0 Å². The number of aryl methyl sites for hydroxylation is 1. The number of aromatic nitrogens is 2. The van der Waals surface area contributed by atoms with Crippen LogP contribution >= 0.6 is 11.6 Å². The molecule has 0 atom stereocenters. The summed E-state index contributed by atoms with van der Waals surface area (Å²) in [5.74, 6) is 1.28. The molecule has 18 heavy (non-hydrogen) atoms. The van der Waals surface area contributed by atoms with Crippen LogP contribution in [0.15, 0.2) is 0 Å². The highest BCUT2D eigenvalue weighted by molar-refractivity contribution is 6.32. The highest BCUT2D eigenvalue weighted by Gasteiger charge is 2.28. The van der Waals surface area contributed by atoms with Gasteiger partial charge >= 0.3 is 0 Å². The number of hydrogen-bond donors (Lipinski definition) is 0. The molecule has 0 bridgehead atoms. The number of rotatable bonds is 2. The molecule has 0 spiro atoms. The number of hydrogen-bond acceptors (Lipinski definition) is 4. The van der Waals surface area contributed by atoms with Gasteiger partial charge < -0.3 is 4.90 Å². The minimum absolute atomic E-state index is 0.248. The van der Waals surface area contributed by atoms with Gasteiger partial charge in [0.2, 0.25) is 0 Å². The van der Waals surface area contributed by atoms with Crippen LogP contribution < -0.4 is 4.90 Å². The third-order valence-electron chi connectivity index (χ3n) is 3.53. The van der Waals surface area contributed by atoms with Gasteiger partial charge in [0.05, 0.1) is 5.56 Å². The second-order valence-corrected chi connectivity index (χ2v) is 5.93. The number of carbonyl (C=O) groups is 1. The molecular formula is C13H18ClN3O. The standard InChI is InChI=1S/C13H18ClN3O/c1-9-15-11(14)10(8-18)12(16-9)17-6-4-13(2,3)5-7-17/h8H,4-7H2,1-3H3. The van der Waals surface area contributed by atoms with E-state index in [0.29, 0.717) is 22.6 Å². The predicted molar refractivity (Wildman–Crippen MR) is 72.4 cm³/mol. The van der Waals surface area contributed by atoms with E-state index in [1.165, 1.54) is 0 Å². The van der Waals surface area contributed by atoms with Gasteiger partial charge in [0.25, 0.3) is 0 Å². The third-order valence-corrected chi connectivity index (χ3v) is 3.81. The number of aldehydes is 1. The second-order valence-electron chi connectivity index (χ2n) is 5.57. The molecule has 0 N–H and O–H groups in total. The third kappa shape index (κ3) is 2.64. The topological polar surface area (TPSA) is 46.1 Å². The quantitative estimate of drug-likeness (QED) is 0.611. The van der Waals surface area contributed by atoms with E-state index in [1.54, 1.807) is 6.92 Å². The van der Waals surface area contributed by atoms with Crippen molar-refractivity contribution in [1.29, 1.82) is 0 Å². The van der Waals surface area contributed by atoms with E-state index in [4.69, 9.17) is 11.6 Å². The first-order valence-corrected chi connectivity index (χ1v) is 6.55. The molecule has 0 unspecified atom stereocenters. The van der Waals surface area contributed by atoms with Gasteiger partial charge in [-0.05, 0) is 25.2 Å². The van der Waals surface area contributed by atoms with Gasteiger partial charge in [-0.3, -0.25) is 4.79 Å². The van der Waals surface area contributed by atoms with Crippen LogP contribution in [0, 0.1) is 12.3 Å². The highest BCUT2D eigenvalue weighted by Crippen LogP contribution is 2.33. The van der Waals surface area contributed by atoms with E-state index >= 15 is 0 Å². The summed E-state index contributed by atoms with van der Waals surface area (Å²) in [6.45, 7) is 8.13. The zero-order chi connectivity index (χ0) is 13.3. The Hall–Kier alpha value is -1.16. The van der Waals surface area contributed by atoms with Crippen molar-refractivity contribution in [3.63, 3.8) is 0 Å². The minimum Gasteiger partial charge on any atom is -0.356 e. The largest absolute Gasteiger partial charge is 0.356 e. The van der Waals surface area contributed by atoms with Crippen molar-refractivity contribution in [3.8, 4) is 0 Å². The molecule has 1 fully saturated rings. The molecule has 1 saturated heterocycles. The SMILES string of the molecule is Cc1nc(Cl)c(C=O)c(N2CCC(C)(C)CC2)n1. The molecule has 2 heterocycles. The van der Waals surface area contributed by atoms with Crippen molar-refractivity contribution in [3.05, 3.63) is 16.5 Å². The Balaban J connectivity index is 2.31. The molecular weight excluding hydrogens is 250 g/mol. The summed E-state index contributed by atoms with van der Waals surface area (Å²) >= 11 is 6.00. The lowest BCUT2D eigenvalue weighted by molar-refractivity contribution is 0.112. The molecule has 1 aromatic heterocycles. The molecule has 1 aromatic rings. The maximum absolute atomic E-state index is 11.1. The van der Waals surface area contributed by atoms with Crippen LogP contribution in [0.1, 0.15) is 42.9 Å². The first-order chi connectivity index (χ1) is 8.43. The van der Waals surface area contributed by atoms with Crippen molar-refractivity contribution in [2.45, 2.75) is 33.6 Å². The van der Waals surface area contributed by atoms with E-state index < -0.39 is 0 Å². The molecule has 0 radical (unpaired) electrons. The summed E-state index contributed by atoms with van der Waals surface area (Å²) < 4.78 is 0. The average Bonchev–Trinajstić information content (AvgIpc) is 2.28. The molecule has 98 valence electrons. The highest BCUT2D eigenvalue weighted by atomic mass is 35.5. The van der Waals surface area contributed by atoms with Crippen molar-refractivity contribution in [1.82, 2.24) is 9.97 Å². The summed E-state index contributed by atoms with van der Waals surface area (Å²) in [4.78, 5) is 21.7. The van der Waals surface area contributed by atoms with E-state index in [-0.39, 0.29) is 5.15 Å². The summed E-state index contributed by atoms with van der Waals surface area (Å²) in [7, 11) is 0. The molecule has 0 amide bonds. The van der Waals surface area contributed by atoms with Crippen molar-refractivity contribution < 1.29 is 4.79 Å². The fourth-order valence-electron chi connectivity index (χ4n) is 2.20. The van der Waals surface area contributed by atoms with Gasteiger partial charge in [-0.1, -0.05) is 25.4 Å². The van der Waals surface area contributed by atoms with Gasteiger partial charge in [-0.25, -0.2) is 9.97 Å². The van der Waals surface area contributed by atoms with Gasteiger partial charge in [0.15, 0.2) is 6.29 Å². The van der Waals surface area contributed by atoms with Crippen LogP contribution in [-0.2, 0) is 0 Å². The maximum Gasteiger partial charge on any atom is 0.156 e. The molecule has 0 saturated carbocycles. The Bertz CT molecular complexity index is 464. The van der Waals surface area contributed by atoms with Gasteiger partial charge in [-0.15, -0.1) is 0 Å². The Morgan fingerprint density at radius 3 is 2.44 bits per heavy atom. The fraction of sp³-hybridized carbons (Fsp3) is 0.615. The normalized spacial score (nSPS) is 18.8. The van der Waals surface area contributed by atoms with Crippen LogP contribution in [0.2, 0.25) is 5.15 Å². The van der Waals surface area contributed by atoms with Gasteiger partial charge in [0.1, 0.15) is 16.8 Å². The van der Waals surface area contributed by atoms with Crippen LogP contribution in [0.5, 0.6) is 0 Å². The van der Waals surface area contributed by atoms with Gasteiger partial charge in [0, 0.05) is 13.1 Å². The van der Waals surface area contributed by atoms with E-state index in [1.807, 2.05) is 0 Å². The first-order valence-electron chi connectivity index (χ1n) is 6.17. The Kier molecular flexibility index (Phi) is 3.57. The number of carbonyl (C=O) groups excluding carboxylic acids is 1.